The number of nitrogens with zero attached hydrogens (tertiary/aromatic N) is 1. The third kappa shape index (κ3) is 4.55. The van der Waals surface area contributed by atoms with Crippen LogP contribution in [0.1, 0.15) is 33.1 Å². The van der Waals surface area contributed by atoms with Crippen LogP contribution in [0.5, 0.6) is 0 Å². The van der Waals surface area contributed by atoms with Crippen molar-refractivity contribution in [3.05, 3.63) is 41.4 Å². The highest BCUT2D eigenvalue weighted by Crippen LogP contribution is 2.46. The molecule has 0 spiro atoms. The van der Waals surface area contributed by atoms with E-state index in [9.17, 15) is 19.5 Å². The molecule has 174 valence electrons. The lowest BCUT2D eigenvalue weighted by molar-refractivity contribution is -0.142. The molecule has 0 aromatic heterocycles. The molecule has 3 N–H and O–H groups in total. The lowest BCUT2D eigenvalue weighted by atomic mass is 9.68. The van der Waals surface area contributed by atoms with Crippen LogP contribution in [-0.4, -0.2) is 53.5 Å². The minimum atomic E-state index is -0.814. The van der Waals surface area contributed by atoms with Crippen molar-refractivity contribution in [2.24, 2.45) is 23.7 Å². The summed E-state index contributed by atoms with van der Waals surface area (Å²) in [6, 6.07) is 5.44. The van der Waals surface area contributed by atoms with Crippen LogP contribution in [0.25, 0.3) is 0 Å². The zero-order valence-corrected chi connectivity index (χ0v) is 19.5. The van der Waals surface area contributed by atoms with Gasteiger partial charge in [0.1, 0.15) is 6.04 Å². The van der Waals surface area contributed by atoms with Crippen molar-refractivity contribution in [1.82, 2.24) is 10.2 Å². The zero-order valence-electron chi connectivity index (χ0n) is 18.8. The van der Waals surface area contributed by atoms with E-state index in [1.54, 1.807) is 31.3 Å². The van der Waals surface area contributed by atoms with Gasteiger partial charge in [0.05, 0.1) is 24.5 Å². The van der Waals surface area contributed by atoms with Crippen molar-refractivity contribution >= 4 is 35.0 Å². The van der Waals surface area contributed by atoms with Crippen LogP contribution in [-0.2, 0) is 14.4 Å². The number of aliphatic hydroxyl groups is 1. The van der Waals surface area contributed by atoms with Gasteiger partial charge >= 0.3 is 0 Å². The van der Waals surface area contributed by atoms with Gasteiger partial charge in [-0.2, -0.15) is 0 Å². The number of hydrogen-bond donors (Lipinski definition) is 3. The molecule has 0 unspecified atom stereocenters. The molecule has 8 heteroatoms. The van der Waals surface area contributed by atoms with Crippen molar-refractivity contribution in [2.45, 2.75) is 45.2 Å². The first-order valence-electron chi connectivity index (χ1n) is 11.3. The molecular formula is C24H32ClN3O4. The molecule has 1 saturated heterocycles. The first-order valence-corrected chi connectivity index (χ1v) is 11.6. The quantitative estimate of drug-likeness (QED) is 0.518. The molecule has 3 amide bonds. The van der Waals surface area contributed by atoms with E-state index in [1.807, 2.05) is 26.0 Å². The molecule has 1 aliphatic heterocycles. The standard InChI is InChI=1S/C24H32ClN3O4/c1-4-6-14-7-12-18-20(19(14)22(30)26-3)24(32)28(17(5-2)13-29)21(18)23(31)27-16-10-8-15(25)9-11-16/h7-12,14,17-21,29H,4-6,13H2,1-3H3,(H,26,30)(H,27,31)/t14-,17+,18+,19-,20-,21+/m1/s1. The Bertz CT molecular complexity index is 869. The number of hydrogen-bond acceptors (Lipinski definition) is 4. The summed E-state index contributed by atoms with van der Waals surface area (Å²) in [4.78, 5) is 41.5. The number of halogens is 1. The predicted octanol–water partition coefficient (Wildman–Crippen LogP) is 2.84. The molecule has 1 fully saturated rings. The van der Waals surface area contributed by atoms with E-state index < -0.39 is 29.8 Å². The minimum Gasteiger partial charge on any atom is -0.394 e. The number of aliphatic hydroxyl groups excluding tert-OH is 1. The molecule has 2 aliphatic rings. The Balaban J connectivity index is 2.01. The van der Waals surface area contributed by atoms with Crippen LogP contribution in [0.3, 0.4) is 0 Å². The third-order valence-electron chi connectivity index (χ3n) is 6.67. The number of likely N-dealkylation sites (tertiary alicyclic amines) is 1. The summed E-state index contributed by atoms with van der Waals surface area (Å²) in [5.74, 6) is -2.48. The van der Waals surface area contributed by atoms with Crippen molar-refractivity contribution in [3.8, 4) is 0 Å². The first-order chi connectivity index (χ1) is 15.4. The number of benzene rings is 1. The fourth-order valence-corrected chi connectivity index (χ4v) is 5.26. The maximum atomic E-state index is 13.7. The van der Waals surface area contributed by atoms with Gasteiger partial charge in [-0.25, -0.2) is 0 Å². The maximum Gasteiger partial charge on any atom is 0.247 e. The predicted molar refractivity (Wildman–Crippen MR) is 124 cm³/mol. The van der Waals surface area contributed by atoms with Crippen LogP contribution < -0.4 is 10.6 Å². The molecule has 0 saturated carbocycles. The lowest BCUT2D eigenvalue weighted by Crippen LogP contribution is -2.50. The molecule has 0 bridgehead atoms. The van der Waals surface area contributed by atoms with Crippen LogP contribution in [0.15, 0.2) is 36.4 Å². The molecule has 0 radical (unpaired) electrons. The van der Waals surface area contributed by atoms with Crippen molar-refractivity contribution in [1.29, 1.82) is 0 Å². The number of rotatable bonds is 8. The third-order valence-corrected chi connectivity index (χ3v) is 6.93. The SMILES string of the molecule is CCC[C@@H]1C=C[C@H]2[C@@H](C(=O)N([C@@H](CC)CO)[C@@H]2C(=O)Nc2ccc(Cl)cc2)[C@@H]1C(=O)NC. The van der Waals surface area contributed by atoms with Gasteiger partial charge in [-0.15, -0.1) is 0 Å². The van der Waals surface area contributed by atoms with E-state index in [2.05, 4.69) is 10.6 Å². The molecule has 1 aromatic rings. The second-order valence-corrected chi connectivity index (χ2v) is 8.95. The molecule has 32 heavy (non-hydrogen) atoms. The highest BCUT2D eigenvalue weighted by molar-refractivity contribution is 6.30. The molecule has 1 aromatic carbocycles. The Morgan fingerprint density at radius 2 is 1.84 bits per heavy atom. The number of nitrogens with one attached hydrogen (secondary N) is 2. The second kappa shape index (κ2) is 10.5. The molecule has 1 aliphatic carbocycles. The normalized spacial score (nSPS) is 27.7. The van der Waals surface area contributed by atoms with Gasteiger partial charge < -0.3 is 20.6 Å². The summed E-state index contributed by atoms with van der Waals surface area (Å²) in [6.45, 7) is 3.67. The largest absolute Gasteiger partial charge is 0.394 e. The van der Waals surface area contributed by atoms with Gasteiger partial charge in [0.2, 0.25) is 17.7 Å². The van der Waals surface area contributed by atoms with Crippen molar-refractivity contribution < 1.29 is 19.5 Å². The molecule has 6 atom stereocenters. The number of fused-ring (bicyclic) bond motifs is 1. The average Bonchev–Trinajstić information content (AvgIpc) is 3.08. The zero-order chi connectivity index (χ0) is 23.4. The smallest absolute Gasteiger partial charge is 0.247 e. The average molecular weight is 462 g/mol. The number of amides is 3. The van der Waals surface area contributed by atoms with Gasteiger partial charge in [0, 0.05) is 23.7 Å². The Labute approximate surface area is 194 Å². The topological polar surface area (TPSA) is 98.7 Å². The van der Waals surface area contributed by atoms with E-state index in [4.69, 9.17) is 11.6 Å². The van der Waals surface area contributed by atoms with E-state index in [0.717, 1.165) is 12.8 Å². The Morgan fingerprint density at radius 3 is 2.41 bits per heavy atom. The van der Waals surface area contributed by atoms with Gasteiger partial charge in [-0.3, -0.25) is 14.4 Å². The van der Waals surface area contributed by atoms with Crippen LogP contribution in [0, 0.1) is 23.7 Å². The summed E-state index contributed by atoms with van der Waals surface area (Å²) in [5.41, 5.74) is 0.568. The number of carbonyl (C=O) groups is 3. The number of anilines is 1. The number of carbonyl (C=O) groups excluding carboxylic acids is 3. The van der Waals surface area contributed by atoms with Gasteiger partial charge in [0.15, 0.2) is 0 Å². The van der Waals surface area contributed by atoms with E-state index >= 15 is 0 Å². The van der Waals surface area contributed by atoms with Crippen molar-refractivity contribution in [2.75, 3.05) is 19.0 Å². The fraction of sp³-hybridized carbons (Fsp3) is 0.542. The van der Waals surface area contributed by atoms with Crippen molar-refractivity contribution in [3.63, 3.8) is 0 Å². The highest BCUT2D eigenvalue weighted by Gasteiger charge is 2.58. The Kier molecular flexibility index (Phi) is 7.96. The lowest BCUT2D eigenvalue weighted by Gasteiger charge is -2.34. The summed E-state index contributed by atoms with van der Waals surface area (Å²) < 4.78 is 0. The Morgan fingerprint density at radius 1 is 1.16 bits per heavy atom. The molecular weight excluding hydrogens is 430 g/mol. The summed E-state index contributed by atoms with van der Waals surface area (Å²) in [6.07, 6.45) is 6.08. The van der Waals surface area contributed by atoms with Crippen LogP contribution in [0.2, 0.25) is 5.02 Å². The molecule has 3 rings (SSSR count). The Hall–Kier alpha value is -2.38. The summed E-state index contributed by atoms with van der Waals surface area (Å²) in [5, 5.41) is 16.1. The number of allylic oxidation sites excluding steroid dienone is 1. The van der Waals surface area contributed by atoms with Crippen LogP contribution >= 0.6 is 11.6 Å². The fourth-order valence-electron chi connectivity index (χ4n) is 5.14. The monoisotopic (exact) mass is 461 g/mol. The first kappa shape index (κ1) is 24.3. The van der Waals surface area contributed by atoms with Gasteiger partial charge in [-0.1, -0.05) is 44.0 Å². The van der Waals surface area contributed by atoms with E-state index in [0.29, 0.717) is 17.1 Å². The highest BCUT2D eigenvalue weighted by atomic mass is 35.5. The minimum absolute atomic E-state index is 0.0701. The van der Waals surface area contributed by atoms with Gasteiger partial charge in [0.25, 0.3) is 0 Å². The van der Waals surface area contributed by atoms with Gasteiger partial charge in [-0.05, 0) is 43.0 Å². The van der Waals surface area contributed by atoms with E-state index in [-0.39, 0.29) is 30.2 Å². The van der Waals surface area contributed by atoms with E-state index in [1.165, 1.54) is 4.90 Å². The van der Waals surface area contributed by atoms with Crippen LogP contribution in [0.4, 0.5) is 5.69 Å². The molecule has 7 nitrogen and oxygen atoms in total. The maximum absolute atomic E-state index is 13.7. The summed E-state index contributed by atoms with van der Waals surface area (Å²) >= 11 is 5.95. The second-order valence-electron chi connectivity index (χ2n) is 8.51. The molecule has 1 heterocycles. The summed E-state index contributed by atoms with van der Waals surface area (Å²) in [7, 11) is 1.57.